The molecule has 2 N–H and O–H groups in total. The van der Waals surface area contributed by atoms with Crippen LogP contribution in [0.2, 0.25) is 0 Å². The van der Waals surface area contributed by atoms with E-state index >= 15 is 0 Å². The quantitative estimate of drug-likeness (QED) is 0.874. The fraction of sp³-hybridized carbons (Fsp3) is 0.235. The molecular formula is C17H17BrN2O. The van der Waals surface area contributed by atoms with Gasteiger partial charge < -0.3 is 10.6 Å². The van der Waals surface area contributed by atoms with Crippen LogP contribution >= 0.6 is 15.9 Å². The van der Waals surface area contributed by atoms with E-state index in [4.69, 9.17) is 0 Å². The molecule has 1 atom stereocenters. The Morgan fingerprint density at radius 2 is 2.10 bits per heavy atom. The Morgan fingerprint density at radius 3 is 2.90 bits per heavy atom. The van der Waals surface area contributed by atoms with Crippen molar-refractivity contribution in [2.24, 2.45) is 0 Å². The van der Waals surface area contributed by atoms with Crippen LogP contribution in [-0.4, -0.2) is 12.5 Å². The maximum Gasteiger partial charge on any atom is 0.233 e. The first kappa shape index (κ1) is 14.3. The van der Waals surface area contributed by atoms with Crippen molar-refractivity contribution in [1.29, 1.82) is 0 Å². The summed E-state index contributed by atoms with van der Waals surface area (Å²) in [6.45, 7) is 3.50. The summed E-state index contributed by atoms with van der Waals surface area (Å²) in [6, 6.07) is 14.0. The number of carbonyl (C=O) groups is 1. The average molecular weight is 345 g/mol. The summed E-state index contributed by atoms with van der Waals surface area (Å²) in [4.78, 5) is 12.6. The molecule has 1 unspecified atom stereocenters. The van der Waals surface area contributed by atoms with E-state index in [0.717, 1.165) is 27.8 Å². The molecule has 1 aliphatic heterocycles. The van der Waals surface area contributed by atoms with Gasteiger partial charge >= 0.3 is 0 Å². The zero-order chi connectivity index (χ0) is 14.8. The van der Waals surface area contributed by atoms with E-state index in [2.05, 4.69) is 38.7 Å². The van der Waals surface area contributed by atoms with Gasteiger partial charge in [-0.2, -0.15) is 0 Å². The van der Waals surface area contributed by atoms with Gasteiger partial charge in [0, 0.05) is 23.2 Å². The molecule has 0 saturated heterocycles. The SMILES string of the molecule is Cc1cc(Br)ccc1NC(=O)C1CNCc2ccccc21. The summed E-state index contributed by atoms with van der Waals surface area (Å²) in [5.74, 6) is -0.0990. The minimum atomic E-state index is -0.141. The lowest BCUT2D eigenvalue weighted by atomic mass is 9.90. The van der Waals surface area contributed by atoms with E-state index in [1.165, 1.54) is 5.56 Å². The minimum absolute atomic E-state index is 0.0417. The molecule has 3 nitrogen and oxygen atoms in total. The molecule has 2 aromatic rings. The molecule has 0 fully saturated rings. The molecule has 0 spiro atoms. The second-order valence-corrected chi connectivity index (χ2v) is 6.25. The van der Waals surface area contributed by atoms with Gasteiger partial charge in [-0.3, -0.25) is 4.79 Å². The van der Waals surface area contributed by atoms with Gasteiger partial charge in [-0.1, -0.05) is 40.2 Å². The standard InChI is InChI=1S/C17H17BrN2O/c1-11-8-13(18)6-7-16(11)20-17(21)15-10-19-9-12-4-2-3-5-14(12)15/h2-8,15,19H,9-10H2,1H3,(H,20,21). The first-order valence-electron chi connectivity index (χ1n) is 7.00. The summed E-state index contributed by atoms with van der Waals surface area (Å²) in [6.07, 6.45) is 0. The van der Waals surface area contributed by atoms with E-state index in [1.54, 1.807) is 0 Å². The Balaban J connectivity index is 1.83. The van der Waals surface area contributed by atoms with Gasteiger partial charge in [-0.05, 0) is 41.8 Å². The van der Waals surface area contributed by atoms with Crippen LogP contribution in [0.3, 0.4) is 0 Å². The van der Waals surface area contributed by atoms with Crippen molar-refractivity contribution in [3.63, 3.8) is 0 Å². The van der Waals surface area contributed by atoms with Gasteiger partial charge in [-0.25, -0.2) is 0 Å². The van der Waals surface area contributed by atoms with Crippen molar-refractivity contribution in [3.05, 3.63) is 63.6 Å². The van der Waals surface area contributed by atoms with Gasteiger partial charge in [-0.15, -0.1) is 0 Å². The molecular weight excluding hydrogens is 328 g/mol. The largest absolute Gasteiger partial charge is 0.325 e. The van der Waals surface area contributed by atoms with Crippen LogP contribution in [0, 0.1) is 6.92 Å². The number of anilines is 1. The zero-order valence-corrected chi connectivity index (χ0v) is 13.4. The second kappa shape index (κ2) is 6.00. The molecule has 108 valence electrons. The highest BCUT2D eigenvalue weighted by molar-refractivity contribution is 9.10. The van der Waals surface area contributed by atoms with E-state index in [1.807, 2.05) is 37.3 Å². The predicted molar refractivity (Wildman–Crippen MR) is 88.4 cm³/mol. The molecule has 1 amide bonds. The summed E-state index contributed by atoms with van der Waals surface area (Å²) in [5.41, 5.74) is 4.25. The van der Waals surface area contributed by atoms with Crippen LogP contribution in [0.4, 0.5) is 5.69 Å². The molecule has 2 aromatic carbocycles. The number of aryl methyl sites for hydroxylation is 1. The van der Waals surface area contributed by atoms with Crippen LogP contribution in [0.15, 0.2) is 46.9 Å². The number of hydrogen-bond acceptors (Lipinski definition) is 2. The lowest BCUT2D eigenvalue weighted by molar-refractivity contribution is -0.117. The first-order valence-corrected chi connectivity index (χ1v) is 7.80. The van der Waals surface area contributed by atoms with Crippen molar-refractivity contribution in [1.82, 2.24) is 5.32 Å². The van der Waals surface area contributed by atoms with E-state index in [-0.39, 0.29) is 11.8 Å². The monoisotopic (exact) mass is 344 g/mol. The van der Waals surface area contributed by atoms with Crippen molar-refractivity contribution in [3.8, 4) is 0 Å². The molecule has 0 radical (unpaired) electrons. The molecule has 1 aliphatic rings. The van der Waals surface area contributed by atoms with Crippen molar-refractivity contribution in [2.45, 2.75) is 19.4 Å². The topological polar surface area (TPSA) is 41.1 Å². The summed E-state index contributed by atoms with van der Waals surface area (Å²) in [7, 11) is 0. The normalized spacial score (nSPS) is 17.1. The third-order valence-electron chi connectivity index (χ3n) is 3.86. The first-order chi connectivity index (χ1) is 10.1. The van der Waals surface area contributed by atoms with Crippen LogP contribution < -0.4 is 10.6 Å². The Hall–Kier alpha value is -1.65. The third-order valence-corrected chi connectivity index (χ3v) is 4.35. The number of carbonyl (C=O) groups excluding carboxylic acids is 1. The average Bonchev–Trinajstić information content (AvgIpc) is 2.49. The highest BCUT2D eigenvalue weighted by Gasteiger charge is 2.26. The molecule has 4 heteroatoms. The molecule has 1 heterocycles. The fourth-order valence-electron chi connectivity index (χ4n) is 2.72. The van der Waals surface area contributed by atoms with Gasteiger partial charge in [0.2, 0.25) is 5.91 Å². The lowest BCUT2D eigenvalue weighted by Crippen LogP contribution is -2.35. The van der Waals surface area contributed by atoms with Crippen LogP contribution in [-0.2, 0) is 11.3 Å². The number of hydrogen-bond donors (Lipinski definition) is 2. The Labute approximate surface area is 132 Å². The maximum absolute atomic E-state index is 12.6. The highest BCUT2D eigenvalue weighted by atomic mass is 79.9. The molecule has 21 heavy (non-hydrogen) atoms. The number of nitrogens with one attached hydrogen (secondary N) is 2. The summed E-state index contributed by atoms with van der Waals surface area (Å²) < 4.78 is 1.02. The van der Waals surface area contributed by atoms with Gasteiger partial charge in [0.25, 0.3) is 0 Å². The van der Waals surface area contributed by atoms with E-state index < -0.39 is 0 Å². The third kappa shape index (κ3) is 3.01. The highest BCUT2D eigenvalue weighted by Crippen LogP contribution is 2.26. The van der Waals surface area contributed by atoms with Crippen LogP contribution in [0.25, 0.3) is 0 Å². The Morgan fingerprint density at radius 1 is 1.29 bits per heavy atom. The number of halogens is 1. The minimum Gasteiger partial charge on any atom is -0.325 e. The second-order valence-electron chi connectivity index (χ2n) is 5.33. The van der Waals surface area contributed by atoms with Crippen molar-refractivity contribution < 1.29 is 4.79 Å². The molecule has 0 bridgehead atoms. The zero-order valence-electron chi connectivity index (χ0n) is 11.8. The summed E-state index contributed by atoms with van der Waals surface area (Å²) in [5, 5.41) is 6.36. The fourth-order valence-corrected chi connectivity index (χ4v) is 3.19. The number of amides is 1. The Kier molecular flexibility index (Phi) is 4.08. The maximum atomic E-state index is 12.6. The van der Waals surface area contributed by atoms with Gasteiger partial charge in [0.1, 0.15) is 0 Å². The van der Waals surface area contributed by atoms with Crippen molar-refractivity contribution >= 4 is 27.5 Å². The van der Waals surface area contributed by atoms with Crippen LogP contribution in [0.1, 0.15) is 22.6 Å². The predicted octanol–water partition coefficient (Wildman–Crippen LogP) is 3.58. The molecule has 0 aliphatic carbocycles. The molecule has 3 rings (SSSR count). The van der Waals surface area contributed by atoms with E-state index in [0.29, 0.717) is 6.54 Å². The van der Waals surface area contributed by atoms with Gasteiger partial charge in [0.15, 0.2) is 0 Å². The van der Waals surface area contributed by atoms with E-state index in [9.17, 15) is 4.79 Å². The Bertz CT molecular complexity index is 684. The lowest BCUT2D eigenvalue weighted by Gasteiger charge is -2.25. The van der Waals surface area contributed by atoms with Crippen molar-refractivity contribution in [2.75, 3.05) is 11.9 Å². The molecule has 0 aromatic heterocycles. The van der Waals surface area contributed by atoms with Crippen LogP contribution in [0.5, 0.6) is 0 Å². The van der Waals surface area contributed by atoms with Gasteiger partial charge in [0.05, 0.1) is 5.92 Å². The molecule has 0 saturated carbocycles. The summed E-state index contributed by atoms with van der Waals surface area (Å²) >= 11 is 3.44. The number of benzene rings is 2. The number of fused-ring (bicyclic) bond motifs is 1. The smallest absolute Gasteiger partial charge is 0.233 e. The number of rotatable bonds is 2.